The van der Waals surface area contributed by atoms with Crippen LogP contribution in [-0.4, -0.2) is 0 Å². The lowest BCUT2D eigenvalue weighted by Gasteiger charge is -2.11. The van der Waals surface area contributed by atoms with Crippen molar-refractivity contribution in [3.63, 3.8) is 0 Å². The second-order valence-corrected chi connectivity index (χ2v) is 7.34. The summed E-state index contributed by atoms with van der Waals surface area (Å²) in [4.78, 5) is 13.0. The van der Waals surface area contributed by atoms with Gasteiger partial charge in [-0.25, -0.2) is 0 Å². The van der Waals surface area contributed by atoms with Gasteiger partial charge in [0.05, 0.1) is 10.8 Å². The SMILES string of the molecule is CCc1cc(-c2ccc(Cl)cc2Cl)cc2oc3ccc(Cl)cc3c(=O)c12. The third-order valence-electron chi connectivity index (χ3n) is 4.44. The maximum Gasteiger partial charge on any atom is 0.200 e. The molecule has 0 aliphatic carbocycles. The average molecular weight is 404 g/mol. The predicted molar refractivity (Wildman–Crippen MR) is 110 cm³/mol. The molecule has 0 saturated carbocycles. The fraction of sp³-hybridized carbons (Fsp3) is 0.0952. The Hall–Kier alpha value is -2.00. The highest BCUT2D eigenvalue weighted by atomic mass is 35.5. The molecular weight excluding hydrogens is 391 g/mol. The van der Waals surface area contributed by atoms with E-state index < -0.39 is 0 Å². The first-order valence-electron chi connectivity index (χ1n) is 8.12. The zero-order valence-electron chi connectivity index (χ0n) is 13.8. The number of fused-ring (bicyclic) bond motifs is 2. The fourth-order valence-electron chi connectivity index (χ4n) is 3.19. The zero-order chi connectivity index (χ0) is 18.4. The van der Waals surface area contributed by atoms with Gasteiger partial charge in [-0.2, -0.15) is 0 Å². The molecule has 4 rings (SSSR count). The summed E-state index contributed by atoms with van der Waals surface area (Å²) < 4.78 is 6.02. The number of rotatable bonds is 2. The maximum absolute atomic E-state index is 13.0. The van der Waals surface area contributed by atoms with Crippen LogP contribution in [-0.2, 0) is 6.42 Å². The molecule has 0 spiro atoms. The van der Waals surface area contributed by atoms with Crippen LogP contribution in [0.5, 0.6) is 0 Å². The second kappa shape index (κ2) is 6.62. The van der Waals surface area contributed by atoms with Crippen LogP contribution in [0.3, 0.4) is 0 Å². The lowest BCUT2D eigenvalue weighted by atomic mass is 9.97. The van der Waals surface area contributed by atoms with E-state index in [-0.39, 0.29) is 5.43 Å². The number of aryl methyl sites for hydroxylation is 1. The number of halogens is 3. The molecule has 0 atom stereocenters. The second-order valence-electron chi connectivity index (χ2n) is 6.06. The first-order valence-corrected chi connectivity index (χ1v) is 9.25. The molecule has 5 heteroatoms. The lowest BCUT2D eigenvalue weighted by molar-refractivity contribution is 0.659. The molecule has 2 nitrogen and oxygen atoms in total. The van der Waals surface area contributed by atoms with Crippen LogP contribution in [0.15, 0.2) is 57.7 Å². The van der Waals surface area contributed by atoms with E-state index in [4.69, 9.17) is 39.2 Å². The predicted octanol–water partition coefficient (Wildman–Crippen LogP) is 7.14. The number of hydrogen-bond acceptors (Lipinski definition) is 2. The molecule has 0 radical (unpaired) electrons. The quantitative estimate of drug-likeness (QED) is 0.333. The number of hydrogen-bond donors (Lipinski definition) is 0. The van der Waals surface area contributed by atoms with Gasteiger partial charge < -0.3 is 4.42 Å². The van der Waals surface area contributed by atoms with Gasteiger partial charge in [0.1, 0.15) is 11.2 Å². The normalized spacial score (nSPS) is 11.4. The minimum absolute atomic E-state index is 0.0747. The third-order valence-corrected chi connectivity index (χ3v) is 5.22. The Morgan fingerprint density at radius 3 is 2.35 bits per heavy atom. The molecule has 0 fully saturated rings. The standard InChI is InChI=1S/C21H13Cl3O2/c1-2-11-7-12(15-5-3-14(23)10-17(15)24)8-19-20(11)21(25)16-9-13(22)4-6-18(16)26-19/h3-10H,2H2,1H3. The molecule has 0 aliphatic rings. The van der Waals surface area contributed by atoms with E-state index in [9.17, 15) is 4.79 Å². The minimum atomic E-state index is -0.0747. The molecule has 3 aromatic carbocycles. The smallest absolute Gasteiger partial charge is 0.200 e. The van der Waals surface area contributed by atoms with Crippen molar-refractivity contribution in [2.75, 3.05) is 0 Å². The summed E-state index contributed by atoms with van der Waals surface area (Å²) in [5.74, 6) is 0. The Balaban J connectivity index is 2.09. The highest BCUT2D eigenvalue weighted by Crippen LogP contribution is 2.34. The molecular formula is C21H13Cl3O2. The van der Waals surface area contributed by atoms with Crippen LogP contribution >= 0.6 is 34.8 Å². The molecule has 0 N–H and O–H groups in total. The molecule has 0 saturated heterocycles. The molecule has 0 aliphatic heterocycles. The largest absolute Gasteiger partial charge is 0.456 e. The van der Waals surface area contributed by atoms with Crippen molar-refractivity contribution in [3.05, 3.63) is 79.4 Å². The molecule has 0 amide bonds. The summed E-state index contributed by atoms with van der Waals surface area (Å²) in [6.07, 6.45) is 0.687. The molecule has 4 aromatic rings. The van der Waals surface area contributed by atoms with Crippen molar-refractivity contribution in [1.29, 1.82) is 0 Å². The molecule has 26 heavy (non-hydrogen) atoms. The average Bonchev–Trinajstić information content (AvgIpc) is 2.61. The molecule has 130 valence electrons. The van der Waals surface area contributed by atoms with Crippen LogP contribution < -0.4 is 5.43 Å². The van der Waals surface area contributed by atoms with Gasteiger partial charge in [-0.3, -0.25) is 4.79 Å². The van der Waals surface area contributed by atoms with E-state index in [1.165, 1.54) is 0 Å². The fourth-order valence-corrected chi connectivity index (χ4v) is 3.88. The Morgan fingerprint density at radius 1 is 0.885 bits per heavy atom. The van der Waals surface area contributed by atoms with Crippen LogP contribution in [0.4, 0.5) is 0 Å². The summed E-state index contributed by atoms with van der Waals surface area (Å²) >= 11 is 18.4. The summed E-state index contributed by atoms with van der Waals surface area (Å²) in [5, 5.41) is 2.69. The summed E-state index contributed by atoms with van der Waals surface area (Å²) in [6, 6.07) is 14.2. The van der Waals surface area contributed by atoms with Gasteiger partial charge in [-0.15, -0.1) is 0 Å². The van der Waals surface area contributed by atoms with Crippen LogP contribution in [0.25, 0.3) is 33.1 Å². The Labute approximate surface area is 164 Å². The van der Waals surface area contributed by atoms with Crippen LogP contribution in [0.2, 0.25) is 15.1 Å². The van der Waals surface area contributed by atoms with Crippen LogP contribution in [0.1, 0.15) is 12.5 Å². The van der Waals surface area contributed by atoms with E-state index in [1.54, 1.807) is 30.3 Å². The highest BCUT2D eigenvalue weighted by molar-refractivity contribution is 6.36. The Kier molecular flexibility index (Phi) is 4.44. The number of benzene rings is 3. The van der Waals surface area contributed by atoms with E-state index >= 15 is 0 Å². The first kappa shape index (κ1) is 17.4. The zero-order valence-corrected chi connectivity index (χ0v) is 16.0. The molecule has 0 unspecified atom stereocenters. The van der Waals surface area contributed by atoms with E-state index in [1.807, 2.05) is 25.1 Å². The van der Waals surface area contributed by atoms with Gasteiger partial charge in [0.2, 0.25) is 5.43 Å². The van der Waals surface area contributed by atoms with Gasteiger partial charge in [0.25, 0.3) is 0 Å². The molecule has 1 heterocycles. The summed E-state index contributed by atoms with van der Waals surface area (Å²) in [7, 11) is 0. The monoisotopic (exact) mass is 402 g/mol. The van der Waals surface area contributed by atoms with Crippen molar-refractivity contribution < 1.29 is 4.42 Å². The van der Waals surface area contributed by atoms with Gasteiger partial charge >= 0.3 is 0 Å². The van der Waals surface area contributed by atoms with E-state index in [2.05, 4.69) is 0 Å². The van der Waals surface area contributed by atoms with Crippen molar-refractivity contribution in [2.24, 2.45) is 0 Å². The first-order chi connectivity index (χ1) is 12.5. The highest BCUT2D eigenvalue weighted by Gasteiger charge is 2.15. The van der Waals surface area contributed by atoms with Gasteiger partial charge in [-0.05, 0) is 53.9 Å². The Bertz CT molecular complexity index is 1230. The van der Waals surface area contributed by atoms with Gasteiger partial charge in [0.15, 0.2) is 0 Å². The summed E-state index contributed by atoms with van der Waals surface area (Å²) in [6.45, 7) is 2.00. The lowest BCUT2D eigenvalue weighted by Crippen LogP contribution is -2.05. The molecule has 0 bridgehead atoms. The maximum atomic E-state index is 13.0. The van der Waals surface area contributed by atoms with Crippen LogP contribution in [0, 0.1) is 0 Å². The van der Waals surface area contributed by atoms with E-state index in [0.717, 1.165) is 16.7 Å². The van der Waals surface area contributed by atoms with Crippen molar-refractivity contribution >= 4 is 56.7 Å². The van der Waals surface area contributed by atoms with Crippen molar-refractivity contribution in [3.8, 4) is 11.1 Å². The summed E-state index contributed by atoms with van der Waals surface area (Å²) in [5.41, 5.74) is 3.59. The molecule has 1 aromatic heterocycles. The topological polar surface area (TPSA) is 30.2 Å². The van der Waals surface area contributed by atoms with Gasteiger partial charge in [0, 0.05) is 20.6 Å². The van der Waals surface area contributed by atoms with Crippen molar-refractivity contribution in [2.45, 2.75) is 13.3 Å². The Morgan fingerprint density at radius 2 is 1.62 bits per heavy atom. The third kappa shape index (κ3) is 2.88. The minimum Gasteiger partial charge on any atom is -0.456 e. The van der Waals surface area contributed by atoms with Crippen molar-refractivity contribution in [1.82, 2.24) is 0 Å². The van der Waals surface area contributed by atoms with Gasteiger partial charge in [-0.1, -0.05) is 53.9 Å². The van der Waals surface area contributed by atoms with E-state index in [0.29, 0.717) is 43.4 Å².